The molecule has 1 amide bonds. The Hall–Kier alpha value is -1.43. The number of aromatic nitrogens is 3. The van der Waals surface area contributed by atoms with Gasteiger partial charge in [-0.2, -0.15) is 5.10 Å². The zero-order valence-electron chi connectivity index (χ0n) is 9.72. The maximum atomic E-state index is 11.6. The molecule has 0 radical (unpaired) electrons. The number of aliphatic hydroxyl groups is 1. The molecule has 1 heterocycles. The van der Waals surface area contributed by atoms with Crippen LogP contribution < -0.4 is 5.32 Å². The van der Waals surface area contributed by atoms with Gasteiger partial charge in [0.1, 0.15) is 6.33 Å². The zero-order chi connectivity index (χ0) is 12.1. The van der Waals surface area contributed by atoms with Crippen LogP contribution in [0, 0.1) is 11.8 Å². The molecule has 2 unspecified atom stereocenters. The van der Waals surface area contributed by atoms with E-state index in [0.717, 1.165) is 12.8 Å². The maximum Gasteiger partial charge on any atom is 0.288 e. The first-order valence-electron chi connectivity index (χ1n) is 6.05. The summed E-state index contributed by atoms with van der Waals surface area (Å²) < 4.78 is 0. The molecule has 2 rings (SSSR count). The Balaban J connectivity index is 1.82. The molecule has 0 aliphatic heterocycles. The topological polar surface area (TPSA) is 90.9 Å². The normalized spacial score (nSPS) is 24.5. The van der Waals surface area contributed by atoms with E-state index >= 15 is 0 Å². The number of carbonyl (C=O) groups is 1. The predicted molar refractivity (Wildman–Crippen MR) is 61.2 cm³/mol. The van der Waals surface area contributed by atoms with E-state index in [4.69, 9.17) is 0 Å². The van der Waals surface area contributed by atoms with Crippen LogP contribution in [0.1, 0.15) is 36.3 Å². The Kier molecular flexibility index (Phi) is 4.08. The predicted octanol–water partition coefficient (Wildman–Crippen LogP) is 0.333. The number of nitrogens with one attached hydrogen (secondary N) is 2. The van der Waals surface area contributed by atoms with Gasteiger partial charge in [0.25, 0.3) is 5.91 Å². The highest BCUT2D eigenvalue weighted by Gasteiger charge is 2.25. The fourth-order valence-corrected chi connectivity index (χ4v) is 2.42. The quantitative estimate of drug-likeness (QED) is 0.705. The highest BCUT2D eigenvalue weighted by Crippen LogP contribution is 2.29. The SMILES string of the molecule is O=C(NCC1CCCCC1CO)c1ncn[nH]1. The molecular formula is C11H18N4O2. The summed E-state index contributed by atoms with van der Waals surface area (Å²) in [6.07, 6.45) is 5.80. The Labute approximate surface area is 99.8 Å². The number of aliphatic hydroxyl groups excluding tert-OH is 1. The largest absolute Gasteiger partial charge is 0.396 e. The van der Waals surface area contributed by atoms with Crippen LogP contribution >= 0.6 is 0 Å². The van der Waals surface area contributed by atoms with E-state index < -0.39 is 0 Å². The third kappa shape index (κ3) is 3.03. The molecule has 3 N–H and O–H groups in total. The van der Waals surface area contributed by atoms with Gasteiger partial charge in [-0.3, -0.25) is 9.89 Å². The second kappa shape index (κ2) is 5.77. The summed E-state index contributed by atoms with van der Waals surface area (Å²) in [6, 6.07) is 0. The molecule has 17 heavy (non-hydrogen) atoms. The van der Waals surface area contributed by atoms with Gasteiger partial charge in [-0.05, 0) is 24.7 Å². The first-order valence-corrected chi connectivity index (χ1v) is 6.05. The van der Waals surface area contributed by atoms with Gasteiger partial charge in [0.05, 0.1) is 0 Å². The maximum absolute atomic E-state index is 11.6. The molecule has 1 aliphatic rings. The minimum absolute atomic E-state index is 0.211. The summed E-state index contributed by atoms with van der Waals surface area (Å²) in [5.41, 5.74) is 0. The molecule has 0 spiro atoms. The summed E-state index contributed by atoms with van der Waals surface area (Å²) in [5, 5.41) is 18.3. The van der Waals surface area contributed by atoms with Gasteiger partial charge >= 0.3 is 0 Å². The second-order valence-electron chi connectivity index (χ2n) is 4.53. The van der Waals surface area contributed by atoms with Gasteiger partial charge in [0, 0.05) is 13.2 Å². The molecule has 0 aromatic carbocycles. The van der Waals surface area contributed by atoms with Crippen molar-refractivity contribution in [2.75, 3.05) is 13.2 Å². The van der Waals surface area contributed by atoms with Crippen molar-refractivity contribution in [3.05, 3.63) is 12.2 Å². The van der Waals surface area contributed by atoms with Crippen LogP contribution in [0.4, 0.5) is 0 Å². The lowest BCUT2D eigenvalue weighted by Gasteiger charge is -2.30. The smallest absolute Gasteiger partial charge is 0.288 e. The van der Waals surface area contributed by atoms with Crippen LogP contribution in [0.5, 0.6) is 0 Å². The van der Waals surface area contributed by atoms with E-state index in [0.29, 0.717) is 18.4 Å². The molecule has 2 atom stereocenters. The minimum atomic E-state index is -0.232. The Morgan fingerprint density at radius 2 is 2.24 bits per heavy atom. The van der Waals surface area contributed by atoms with Crippen LogP contribution in [0.25, 0.3) is 0 Å². The molecule has 6 heteroatoms. The van der Waals surface area contributed by atoms with Crippen molar-refractivity contribution in [1.82, 2.24) is 20.5 Å². The van der Waals surface area contributed by atoms with Crippen LogP contribution in [0.15, 0.2) is 6.33 Å². The average molecular weight is 238 g/mol. The highest BCUT2D eigenvalue weighted by atomic mass is 16.3. The molecule has 94 valence electrons. The van der Waals surface area contributed by atoms with Crippen molar-refractivity contribution in [3.8, 4) is 0 Å². The van der Waals surface area contributed by atoms with Gasteiger partial charge in [-0.15, -0.1) is 0 Å². The van der Waals surface area contributed by atoms with Crippen molar-refractivity contribution >= 4 is 5.91 Å². The number of aromatic amines is 1. The fraction of sp³-hybridized carbons (Fsp3) is 0.727. The Bertz CT molecular complexity index is 352. The minimum Gasteiger partial charge on any atom is -0.396 e. The van der Waals surface area contributed by atoms with Gasteiger partial charge < -0.3 is 10.4 Å². The third-order valence-corrected chi connectivity index (χ3v) is 3.46. The van der Waals surface area contributed by atoms with E-state index in [-0.39, 0.29) is 18.3 Å². The van der Waals surface area contributed by atoms with Gasteiger partial charge in [-0.25, -0.2) is 4.98 Å². The standard InChI is InChI=1S/C11H18N4O2/c16-6-9-4-2-1-3-8(9)5-12-11(17)10-13-7-14-15-10/h7-9,16H,1-6H2,(H,12,17)(H,13,14,15). The summed E-state index contributed by atoms with van der Waals surface area (Å²) in [5.74, 6) is 0.700. The van der Waals surface area contributed by atoms with Crippen molar-refractivity contribution < 1.29 is 9.90 Å². The number of H-pyrrole nitrogens is 1. The highest BCUT2D eigenvalue weighted by molar-refractivity contribution is 5.90. The van der Waals surface area contributed by atoms with E-state index in [1.165, 1.54) is 19.2 Å². The Morgan fingerprint density at radius 3 is 2.88 bits per heavy atom. The molecule has 1 fully saturated rings. The molecule has 1 aromatic rings. The number of hydrogen-bond donors (Lipinski definition) is 3. The third-order valence-electron chi connectivity index (χ3n) is 3.46. The van der Waals surface area contributed by atoms with E-state index in [1.54, 1.807) is 0 Å². The summed E-state index contributed by atoms with van der Waals surface area (Å²) in [7, 11) is 0. The lowest BCUT2D eigenvalue weighted by atomic mass is 9.79. The molecule has 0 saturated heterocycles. The molecule has 1 saturated carbocycles. The average Bonchev–Trinajstić information content (AvgIpc) is 2.90. The van der Waals surface area contributed by atoms with Crippen molar-refractivity contribution in [2.24, 2.45) is 11.8 Å². The van der Waals surface area contributed by atoms with Crippen LogP contribution in [-0.4, -0.2) is 39.3 Å². The first-order chi connectivity index (χ1) is 8.31. The van der Waals surface area contributed by atoms with Gasteiger partial charge in [0.15, 0.2) is 0 Å². The molecule has 0 bridgehead atoms. The fourth-order valence-electron chi connectivity index (χ4n) is 2.42. The zero-order valence-corrected chi connectivity index (χ0v) is 9.72. The van der Waals surface area contributed by atoms with Crippen LogP contribution in [0.2, 0.25) is 0 Å². The van der Waals surface area contributed by atoms with Crippen LogP contribution in [-0.2, 0) is 0 Å². The van der Waals surface area contributed by atoms with Crippen LogP contribution in [0.3, 0.4) is 0 Å². The number of rotatable bonds is 4. The van der Waals surface area contributed by atoms with Crippen molar-refractivity contribution in [1.29, 1.82) is 0 Å². The number of hydrogen-bond acceptors (Lipinski definition) is 4. The lowest BCUT2D eigenvalue weighted by Crippen LogP contribution is -2.35. The molecular weight excluding hydrogens is 220 g/mol. The first kappa shape index (κ1) is 12.0. The molecule has 1 aliphatic carbocycles. The molecule has 1 aromatic heterocycles. The van der Waals surface area contributed by atoms with Gasteiger partial charge in [0.2, 0.25) is 5.82 Å². The second-order valence-corrected chi connectivity index (χ2v) is 4.53. The molecule has 6 nitrogen and oxygen atoms in total. The van der Waals surface area contributed by atoms with Crippen molar-refractivity contribution in [3.63, 3.8) is 0 Å². The van der Waals surface area contributed by atoms with Crippen molar-refractivity contribution in [2.45, 2.75) is 25.7 Å². The number of nitrogens with zero attached hydrogens (tertiary/aromatic N) is 2. The Morgan fingerprint density at radius 1 is 1.47 bits per heavy atom. The summed E-state index contributed by atoms with van der Waals surface area (Å²) in [6.45, 7) is 0.813. The number of amides is 1. The van der Waals surface area contributed by atoms with E-state index in [9.17, 15) is 9.90 Å². The van der Waals surface area contributed by atoms with Gasteiger partial charge in [-0.1, -0.05) is 12.8 Å². The monoisotopic (exact) mass is 238 g/mol. The lowest BCUT2D eigenvalue weighted by molar-refractivity contribution is 0.0900. The van der Waals surface area contributed by atoms with E-state index in [1.807, 2.05) is 0 Å². The van der Waals surface area contributed by atoms with E-state index in [2.05, 4.69) is 20.5 Å². The number of carbonyl (C=O) groups excluding carboxylic acids is 1. The summed E-state index contributed by atoms with van der Waals surface area (Å²) in [4.78, 5) is 15.4. The summed E-state index contributed by atoms with van der Waals surface area (Å²) >= 11 is 0.